The number of carbonyl (C=O) groups excluding carboxylic acids is 5. The van der Waals surface area contributed by atoms with Gasteiger partial charge in [0.15, 0.2) is 12.2 Å². The Morgan fingerprint density at radius 2 is 1.67 bits per heavy atom. The van der Waals surface area contributed by atoms with Crippen LogP contribution >= 0.6 is 0 Å². The monoisotopic (exact) mass is 665 g/mol. The minimum absolute atomic E-state index is 0.0355. The molecule has 14 heteroatoms. The summed E-state index contributed by atoms with van der Waals surface area (Å²) in [7, 11) is 3.30. The number of anilines is 2. The van der Waals surface area contributed by atoms with Crippen LogP contribution in [-0.2, 0) is 41.6 Å². The highest BCUT2D eigenvalue weighted by atomic mass is 16.6. The quantitative estimate of drug-likeness (QED) is 0.423. The topological polar surface area (TPSA) is 179 Å². The number of morpholine rings is 1. The van der Waals surface area contributed by atoms with Gasteiger partial charge in [0.2, 0.25) is 5.91 Å². The molecule has 1 fully saturated rings. The Labute approximate surface area is 280 Å². The van der Waals surface area contributed by atoms with Crippen LogP contribution < -0.4 is 10.2 Å². The van der Waals surface area contributed by atoms with E-state index in [9.17, 15) is 34.3 Å². The number of aliphatic hydroxyl groups is 1. The molecule has 0 saturated carbocycles. The molecule has 2 atom stereocenters. The molecule has 14 nitrogen and oxygen atoms in total. The lowest BCUT2D eigenvalue weighted by Gasteiger charge is -2.34. The molecule has 1 saturated heterocycles. The van der Waals surface area contributed by atoms with E-state index in [1.165, 1.54) is 28.0 Å². The lowest BCUT2D eigenvalue weighted by molar-refractivity contribution is -0.150. The summed E-state index contributed by atoms with van der Waals surface area (Å²) in [6.07, 6.45) is -5.32. The number of imide groups is 1. The molecule has 48 heavy (non-hydrogen) atoms. The van der Waals surface area contributed by atoms with Gasteiger partial charge >= 0.3 is 12.2 Å². The third kappa shape index (κ3) is 10.2. The van der Waals surface area contributed by atoms with Crippen molar-refractivity contribution in [2.45, 2.75) is 77.9 Å². The molecule has 0 aliphatic carbocycles. The lowest BCUT2D eigenvalue weighted by atomic mass is 10.1. The predicted octanol–water partition coefficient (Wildman–Crippen LogP) is 3.59. The number of hydrogen-bond donors (Lipinski definition) is 2. The second-order valence-corrected chi connectivity index (χ2v) is 13.4. The molecular weight excluding hydrogens is 622 g/mol. The van der Waals surface area contributed by atoms with Gasteiger partial charge in [-0.2, -0.15) is 5.26 Å². The summed E-state index contributed by atoms with van der Waals surface area (Å²) in [5, 5.41) is 23.2. The Hall–Kier alpha value is -5.00. The highest BCUT2D eigenvalue weighted by molar-refractivity contribution is 6.04. The van der Waals surface area contributed by atoms with Crippen LogP contribution in [-0.4, -0.2) is 95.5 Å². The van der Waals surface area contributed by atoms with Crippen molar-refractivity contribution in [1.29, 1.82) is 5.26 Å². The molecule has 1 aliphatic rings. The summed E-state index contributed by atoms with van der Waals surface area (Å²) in [6, 6.07) is 13.0. The molecule has 5 amide bonds. The van der Waals surface area contributed by atoms with E-state index in [2.05, 4.69) is 5.32 Å². The zero-order valence-electron chi connectivity index (χ0n) is 28.5. The first kappa shape index (κ1) is 37.5. The van der Waals surface area contributed by atoms with Crippen molar-refractivity contribution in [3.05, 3.63) is 59.2 Å². The number of benzene rings is 2. The van der Waals surface area contributed by atoms with Gasteiger partial charge in [0.1, 0.15) is 11.2 Å². The molecule has 0 aromatic heterocycles. The fourth-order valence-corrected chi connectivity index (χ4v) is 4.53. The Morgan fingerprint density at radius 3 is 2.23 bits per heavy atom. The van der Waals surface area contributed by atoms with Gasteiger partial charge in [-0.15, -0.1) is 0 Å². The molecule has 1 heterocycles. The Kier molecular flexibility index (Phi) is 11.9. The first-order valence-electron chi connectivity index (χ1n) is 15.3. The number of amides is 5. The van der Waals surface area contributed by atoms with E-state index in [1.807, 2.05) is 6.07 Å². The Morgan fingerprint density at radius 1 is 1.04 bits per heavy atom. The van der Waals surface area contributed by atoms with Crippen LogP contribution in [0.5, 0.6) is 0 Å². The molecule has 2 aromatic rings. The number of nitrogens with zero attached hydrogens (tertiary/aromatic N) is 4. The number of aliphatic hydroxyl groups excluding tert-OH is 1. The van der Waals surface area contributed by atoms with Crippen LogP contribution in [0.2, 0.25) is 0 Å². The number of likely N-dealkylation sites (N-methyl/N-ethyl adjacent to an activating group) is 1. The van der Waals surface area contributed by atoms with Crippen molar-refractivity contribution in [3.8, 4) is 6.07 Å². The van der Waals surface area contributed by atoms with Gasteiger partial charge in [-0.1, -0.05) is 12.1 Å². The molecule has 0 radical (unpaired) electrons. The number of nitrogens with one attached hydrogen (secondary N) is 1. The summed E-state index contributed by atoms with van der Waals surface area (Å²) >= 11 is 0. The van der Waals surface area contributed by atoms with Crippen molar-refractivity contribution < 1.29 is 43.3 Å². The summed E-state index contributed by atoms with van der Waals surface area (Å²) in [5.74, 6) is -1.73. The molecule has 0 bridgehead atoms. The Balaban J connectivity index is 1.80. The predicted molar refractivity (Wildman–Crippen MR) is 175 cm³/mol. The van der Waals surface area contributed by atoms with Crippen LogP contribution in [0.1, 0.15) is 58.2 Å². The first-order chi connectivity index (χ1) is 22.3. The van der Waals surface area contributed by atoms with E-state index in [0.717, 1.165) is 0 Å². The fourth-order valence-electron chi connectivity index (χ4n) is 4.53. The second-order valence-electron chi connectivity index (χ2n) is 13.4. The molecule has 258 valence electrons. The third-order valence-corrected chi connectivity index (χ3v) is 6.80. The van der Waals surface area contributed by atoms with E-state index >= 15 is 0 Å². The van der Waals surface area contributed by atoms with E-state index in [1.54, 1.807) is 79.9 Å². The van der Waals surface area contributed by atoms with Gasteiger partial charge in [-0.05, 0) is 83.0 Å². The minimum atomic E-state index is -1.92. The van der Waals surface area contributed by atoms with Gasteiger partial charge in [0.25, 0.3) is 11.8 Å². The van der Waals surface area contributed by atoms with Crippen molar-refractivity contribution in [2.24, 2.45) is 0 Å². The summed E-state index contributed by atoms with van der Waals surface area (Å²) in [5.41, 5.74) is -0.325. The van der Waals surface area contributed by atoms with Crippen molar-refractivity contribution in [1.82, 2.24) is 9.80 Å². The summed E-state index contributed by atoms with van der Waals surface area (Å²) < 4.78 is 16.3. The third-order valence-electron chi connectivity index (χ3n) is 6.80. The van der Waals surface area contributed by atoms with Gasteiger partial charge in [0, 0.05) is 32.0 Å². The van der Waals surface area contributed by atoms with Crippen LogP contribution in [0, 0.1) is 11.3 Å². The average molecular weight is 666 g/mol. The van der Waals surface area contributed by atoms with Crippen molar-refractivity contribution in [2.75, 3.05) is 37.5 Å². The van der Waals surface area contributed by atoms with E-state index in [-0.39, 0.29) is 42.3 Å². The SMILES string of the molecule is CN(C)C(=O)Cc1cccc(N2CCOC(C(O)C(=O)Nc3ccc(C#N)c(CN(C(=O)OC(C)(C)C)C(=O)OC(C)(C)C)c3)C2=O)c1. The van der Waals surface area contributed by atoms with Crippen LogP contribution in [0.25, 0.3) is 0 Å². The fraction of sp³-hybridized carbons (Fsp3) is 0.471. The molecule has 2 aromatic carbocycles. The molecular formula is C34H43N5O9. The minimum Gasteiger partial charge on any atom is -0.443 e. The first-order valence-corrected chi connectivity index (χ1v) is 15.3. The zero-order valence-corrected chi connectivity index (χ0v) is 28.5. The van der Waals surface area contributed by atoms with Gasteiger partial charge in [-0.25, -0.2) is 14.5 Å². The molecule has 2 unspecified atom stereocenters. The van der Waals surface area contributed by atoms with Gasteiger partial charge < -0.3 is 34.4 Å². The summed E-state index contributed by atoms with van der Waals surface area (Å²) in [6.45, 7) is 9.55. The Bertz CT molecular complexity index is 1560. The van der Waals surface area contributed by atoms with Gasteiger partial charge in [-0.3, -0.25) is 14.4 Å². The van der Waals surface area contributed by atoms with Crippen LogP contribution in [0.4, 0.5) is 21.0 Å². The highest BCUT2D eigenvalue weighted by Gasteiger charge is 2.39. The second kappa shape index (κ2) is 15.3. The molecule has 2 N–H and O–H groups in total. The largest absolute Gasteiger partial charge is 0.443 e. The maximum atomic E-state index is 13.4. The zero-order chi connectivity index (χ0) is 36.0. The van der Waals surface area contributed by atoms with E-state index in [0.29, 0.717) is 16.2 Å². The van der Waals surface area contributed by atoms with Crippen LogP contribution in [0.15, 0.2) is 42.5 Å². The number of hydrogen-bond acceptors (Lipinski definition) is 10. The van der Waals surface area contributed by atoms with E-state index < -0.39 is 54.0 Å². The van der Waals surface area contributed by atoms with Crippen molar-refractivity contribution in [3.63, 3.8) is 0 Å². The van der Waals surface area contributed by atoms with E-state index in [4.69, 9.17) is 14.2 Å². The standard InChI is InChI=1S/C34H43N5O9/c1-33(2,3)47-31(44)39(32(45)48-34(4,5)6)20-23-18-24(13-12-22(23)19-35)36-29(42)27(41)28-30(43)38(14-15-46-28)25-11-9-10-21(16-25)17-26(40)37(7)8/h9-13,16,18,27-28,41H,14-15,17,20H2,1-8H3,(H,36,42). The normalized spacial score (nSPS) is 15.5. The molecule has 3 rings (SSSR count). The maximum absolute atomic E-state index is 13.4. The number of ether oxygens (including phenoxy) is 3. The average Bonchev–Trinajstić information content (AvgIpc) is 2.98. The maximum Gasteiger partial charge on any atom is 0.420 e. The molecule has 0 spiro atoms. The number of rotatable bonds is 8. The molecule has 1 aliphatic heterocycles. The highest BCUT2D eigenvalue weighted by Crippen LogP contribution is 2.24. The lowest BCUT2D eigenvalue weighted by Crippen LogP contribution is -2.55. The van der Waals surface area contributed by atoms with Gasteiger partial charge in [0.05, 0.1) is 31.2 Å². The number of nitriles is 1. The van der Waals surface area contributed by atoms with Crippen molar-refractivity contribution >= 4 is 41.3 Å². The number of carbonyl (C=O) groups is 5. The van der Waals surface area contributed by atoms with Crippen LogP contribution in [0.3, 0.4) is 0 Å². The smallest absolute Gasteiger partial charge is 0.420 e. The summed E-state index contributed by atoms with van der Waals surface area (Å²) in [4.78, 5) is 68.4.